The van der Waals surface area contributed by atoms with Crippen molar-refractivity contribution in [2.24, 2.45) is 5.73 Å². The van der Waals surface area contributed by atoms with Gasteiger partial charge in [-0.05, 0) is 18.9 Å². The number of nitrogens with zero attached hydrogens (tertiary/aromatic N) is 3. The summed E-state index contributed by atoms with van der Waals surface area (Å²) in [5.74, 6) is 0. The molecule has 1 aromatic rings. The Morgan fingerprint density at radius 1 is 1.23 bits per heavy atom. The first-order valence-electron chi connectivity index (χ1n) is 7.54. The lowest BCUT2D eigenvalue weighted by atomic mass is 10.2. The number of allylic oxidation sites excluding steroid dienone is 1. The van der Waals surface area contributed by atoms with Gasteiger partial charge in [-0.1, -0.05) is 42.5 Å². The molecule has 5 heteroatoms. The predicted molar refractivity (Wildman–Crippen MR) is 93.0 cm³/mol. The molecule has 0 aliphatic carbocycles. The van der Waals surface area contributed by atoms with Gasteiger partial charge in [-0.2, -0.15) is 5.26 Å². The van der Waals surface area contributed by atoms with E-state index in [1.54, 1.807) is 0 Å². The van der Waals surface area contributed by atoms with Gasteiger partial charge in [0.2, 0.25) is 0 Å². The molecule has 4 nitrogen and oxygen atoms in total. The van der Waals surface area contributed by atoms with Gasteiger partial charge in [0.1, 0.15) is 16.6 Å². The second-order valence-corrected chi connectivity index (χ2v) is 5.98. The van der Waals surface area contributed by atoms with Crippen LogP contribution in [0.3, 0.4) is 0 Å². The van der Waals surface area contributed by atoms with Crippen molar-refractivity contribution in [1.82, 2.24) is 9.80 Å². The van der Waals surface area contributed by atoms with E-state index in [0.717, 1.165) is 44.8 Å². The van der Waals surface area contributed by atoms with E-state index in [0.29, 0.717) is 5.57 Å². The van der Waals surface area contributed by atoms with Gasteiger partial charge in [-0.25, -0.2) is 0 Å². The first-order chi connectivity index (χ1) is 10.6. The molecule has 1 aromatic carbocycles. The lowest BCUT2D eigenvalue weighted by molar-refractivity contribution is 0.271. The summed E-state index contributed by atoms with van der Waals surface area (Å²) in [4.78, 5) is 4.86. The summed E-state index contributed by atoms with van der Waals surface area (Å²) >= 11 is 4.97. The van der Waals surface area contributed by atoms with Crippen LogP contribution in [0.4, 0.5) is 0 Å². The zero-order valence-electron chi connectivity index (χ0n) is 13.0. The summed E-state index contributed by atoms with van der Waals surface area (Å²) < 4.78 is 0. The maximum absolute atomic E-state index is 9.20. The Kier molecular flexibility index (Phi) is 5.93. The van der Waals surface area contributed by atoms with E-state index in [-0.39, 0.29) is 4.99 Å². The molecule has 0 unspecified atom stereocenters. The molecule has 0 amide bonds. The minimum atomic E-state index is 0.186. The first kappa shape index (κ1) is 16.5. The van der Waals surface area contributed by atoms with Crippen molar-refractivity contribution in [1.29, 1.82) is 5.26 Å². The fourth-order valence-electron chi connectivity index (χ4n) is 2.78. The van der Waals surface area contributed by atoms with Crippen molar-refractivity contribution in [3.8, 4) is 6.07 Å². The lowest BCUT2D eigenvalue weighted by Crippen LogP contribution is -2.31. The monoisotopic (exact) mass is 314 g/mol. The zero-order valence-corrected chi connectivity index (χ0v) is 13.8. The highest BCUT2D eigenvalue weighted by atomic mass is 32.1. The molecule has 1 fully saturated rings. The van der Waals surface area contributed by atoms with E-state index in [2.05, 4.69) is 40.1 Å². The SMILES string of the molecule is C/C(=C(\C#N)C(N)=S)N1CCCN(Cc2ccccc2)CC1. The lowest BCUT2D eigenvalue weighted by Gasteiger charge is -2.25. The second-order valence-electron chi connectivity index (χ2n) is 5.54. The van der Waals surface area contributed by atoms with Gasteiger partial charge in [-0.15, -0.1) is 0 Å². The molecule has 22 heavy (non-hydrogen) atoms. The summed E-state index contributed by atoms with van der Waals surface area (Å²) in [5.41, 5.74) is 8.31. The second kappa shape index (κ2) is 7.92. The summed E-state index contributed by atoms with van der Waals surface area (Å²) in [6, 6.07) is 12.6. The van der Waals surface area contributed by atoms with Gasteiger partial charge in [0.15, 0.2) is 0 Å². The van der Waals surface area contributed by atoms with Crippen LogP contribution in [0.2, 0.25) is 0 Å². The number of hydrogen-bond acceptors (Lipinski definition) is 4. The van der Waals surface area contributed by atoms with Gasteiger partial charge >= 0.3 is 0 Å². The minimum absolute atomic E-state index is 0.186. The molecule has 1 aliphatic heterocycles. The Balaban J connectivity index is 2.01. The average molecular weight is 314 g/mol. The molecule has 1 saturated heterocycles. The minimum Gasteiger partial charge on any atom is -0.389 e. The summed E-state index contributed by atoms with van der Waals surface area (Å²) in [6.45, 7) is 6.77. The van der Waals surface area contributed by atoms with E-state index >= 15 is 0 Å². The molecule has 1 heterocycles. The van der Waals surface area contributed by atoms with Gasteiger partial charge in [0, 0.05) is 38.4 Å². The molecule has 2 N–H and O–H groups in total. The number of rotatable bonds is 4. The third-order valence-electron chi connectivity index (χ3n) is 4.03. The fraction of sp³-hybridized carbons (Fsp3) is 0.412. The van der Waals surface area contributed by atoms with Crippen LogP contribution in [0.1, 0.15) is 18.9 Å². The number of hydrogen-bond donors (Lipinski definition) is 1. The van der Waals surface area contributed by atoms with Crippen molar-refractivity contribution in [3.63, 3.8) is 0 Å². The molecule has 0 bridgehead atoms. The highest BCUT2D eigenvalue weighted by molar-refractivity contribution is 7.80. The van der Waals surface area contributed by atoms with Crippen LogP contribution >= 0.6 is 12.2 Å². The van der Waals surface area contributed by atoms with E-state index < -0.39 is 0 Å². The van der Waals surface area contributed by atoms with Crippen molar-refractivity contribution in [2.75, 3.05) is 26.2 Å². The summed E-state index contributed by atoms with van der Waals surface area (Å²) in [6.07, 6.45) is 1.07. The predicted octanol–water partition coefficient (Wildman–Crippen LogP) is 2.28. The van der Waals surface area contributed by atoms with Crippen molar-refractivity contribution in [2.45, 2.75) is 19.9 Å². The van der Waals surface area contributed by atoms with Crippen LogP contribution in [-0.4, -0.2) is 41.0 Å². The van der Waals surface area contributed by atoms with E-state index in [1.165, 1.54) is 5.56 Å². The standard InChI is InChI=1S/C17H22N4S/c1-14(16(12-18)17(19)22)21-9-5-8-20(10-11-21)13-15-6-3-2-4-7-15/h2-4,6-7H,5,8-11,13H2,1H3,(H2,19,22)/b16-14-. The average Bonchev–Trinajstić information content (AvgIpc) is 2.74. The highest BCUT2D eigenvalue weighted by Crippen LogP contribution is 2.15. The summed E-state index contributed by atoms with van der Waals surface area (Å²) in [5, 5.41) is 9.20. The molecule has 116 valence electrons. The molecular weight excluding hydrogens is 292 g/mol. The van der Waals surface area contributed by atoms with Crippen LogP contribution in [0, 0.1) is 11.3 Å². The molecule has 0 radical (unpaired) electrons. The zero-order chi connectivity index (χ0) is 15.9. The molecule has 2 rings (SSSR count). The van der Waals surface area contributed by atoms with Gasteiger partial charge in [0.25, 0.3) is 0 Å². The first-order valence-corrected chi connectivity index (χ1v) is 7.94. The van der Waals surface area contributed by atoms with Crippen molar-refractivity contribution >= 4 is 17.2 Å². The molecule has 0 spiro atoms. The van der Waals surface area contributed by atoms with Crippen LogP contribution in [0.15, 0.2) is 41.6 Å². The van der Waals surface area contributed by atoms with Gasteiger partial charge in [0.05, 0.1) is 0 Å². The third kappa shape index (κ3) is 4.30. The Morgan fingerprint density at radius 2 is 1.95 bits per heavy atom. The Hall–Kier alpha value is -1.90. The summed E-state index contributed by atoms with van der Waals surface area (Å²) in [7, 11) is 0. The molecule has 0 saturated carbocycles. The normalized spacial score (nSPS) is 17.4. The third-order valence-corrected chi connectivity index (χ3v) is 4.24. The quantitative estimate of drug-likeness (QED) is 0.525. The molecule has 0 atom stereocenters. The number of nitriles is 1. The molecular formula is C17H22N4S. The van der Waals surface area contributed by atoms with E-state index in [1.807, 2.05) is 13.0 Å². The Bertz CT molecular complexity index is 588. The van der Waals surface area contributed by atoms with Gasteiger partial charge < -0.3 is 10.6 Å². The Morgan fingerprint density at radius 3 is 2.59 bits per heavy atom. The maximum Gasteiger partial charge on any atom is 0.116 e. The Labute approximate surface area is 137 Å². The van der Waals surface area contributed by atoms with Gasteiger partial charge in [-0.3, -0.25) is 4.90 Å². The number of thiocarbonyl (C=S) groups is 1. The topological polar surface area (TPSA) is 56.3 Å². The van der Waals surface area contributed by atoms with Crippen LogP contribution < -0.4 is 5.73 Å². The maximum atomic E-state index is 9.20. The van der Waals surface area contributed by atoms with E-state index in [9.17, 15) is 5.26 Å². The molecule has 0 aromatic heterocycles. The van der Waals surface area contributed by atoms with Crippen molar-refractivity contribution in [3.05, 3.63) is 47.2 Å². The fourth-order valence-corrected chi connectivity index (χ4v) is 2.97. The van der Waals surface area contributed by atoms with E-state index in [4.69, 9.17) is 18.0 Å². The van der Waals surface area contributed by atoms with Crippen molar-refractivity contribution < 1.29 is 0 Å². The number of benzene rings is 1. The molecule has 1 aliphatic rings. The number of nitrogens with two attached hydrogens (primary N) is 1. The highest BCUT2D eigenvalue weighted by Gasteiger charge is 2.18. The largest absolute Gasteiger partial charge is 0.389 e. The van der Waals surface area contributed by atoms with Crippen LogP contribution in [0.5, 0.6) is 0 Å². The smallest absolute Gasteiger partial charge is 0.116 e. The van der Waals surface area contributed by atoms with Crippen LogP contribution in [0.25, 0.3) is 0 Å². The van der Waals surface area contributed by atoms with Crippen LogP contribution in [-0.2, 0) is 6.54 Å².